The van der Waals surface area contributed by atoms with Crippen molar-refractivity contribution in [2.75, 3.05) is 24.3 Å². The first kappa shape index (κ1) is 15.2. The summed E-state index contributed by atoms with van der Waals surface area (Å²) in [5.41, 5.74) is 3.19. The van der Waals surface area contributed by atoms with Crippen LogP contribution >= 0.6 is 0 Å². The van der Waals surface area contributed by atoms with Crippen molar-refractivity contribution >= 4 is 28.3 Å². The van der Waals surface area contributed by atoms with Gasteiger partial charge in [0.05, 0.1) is 22.4 Å². The average molecular weight is 290 g/mol. The number of amides is 1. The van der Waals surface area contributed by atoms with E-state index in [1.807, 2.05) is 38.1 Å². The van der Waals surface area contributed by atoms with E-state index in [1.54, 1.807) is 23.2 Å². The van der Waals surface area contributed by atoms with Crippen molar-refractivity contribution in [3.05, 3.63) is 22.6 Å². The fourth-order valence-electron chi connectivity index (χ4n) is 2.44. The lowest BCUT2D eigenvalue weighted by Gasteiger charge is -2.18. The molecule has 0 unspecified atom stereocenters. The van der Waals surface area contributed by atoms with Crippen molar-refractivity contribution in [1.82, 2.24) is 9.13 Å². The fraction of sp³-hybridized carbons (Fsp3) is 0.467. The van der Waals surface area contributed by atoms with Crippen LogP contribution in [-0.4, -0.2) is 29.1 Å². The van der Waals surface area contributed by atoms with Gasteiger partial charge in [0.1, 0.15) is 0 Å². The minimum absolute atomic E-state index is 0.0131. The van der Waals surface area contributed by atoms with E-state index in [4.69, 9.17) is 0 Å². The first-order chi connectivity index (χ1) is 9.86. The molecule has 1 aromatic heterocycles. The summed E-state index contributed by atoms with van der Waals surface area (Å²) in [6, 6.07) is 3.79. The van der Waals surface area contributed by atoms with Gasteiger partial charge in [0.15, 0.2) is 0 Å². The van der Waals surface area contributed by atoms with E-state index < -0.39 is 0 Å². The second-order valence-corrected chi connectivity index (χ2v) is 5.45. The molecule has 114 valence electrons. The molecule has 1 heterocycles. The summed E-state index contributed by atoms with van der Waals surface area (Å²) in [7, 11) is 7.31. The van der Waals surface area contributed by atoms with E-state index >= 15 is 0 Å². The van der Waals surface area contributed by atoms with E-state index in [0.29, 0.717) is 6.42 Å². The predicted molar refractivity (Wildman–Crippen MR) is 86.0 cm³/mol. The highest BCUT2D eigenvalue weighted by atomic mass is 16.2. The molecular formula is C15H22N4O2. The van der Waals surface area contributed by atoms with Crippen molar-refractivity contribution in [3.8, 4) is 0 Å². The third-order valence-electron chi connectivity index (χ3n) is 3.62. The van der Waals surface area contributed by atoms with Crippen LogP contribution in [0.2, 0.25) is 0 Å². The standard InChI is InChI=1S/C15H22N4O2/c1-6-7-14(20)16-10-8-12-13(9-11(10)17(2)3)19(5)15(21)18(12)4/h8-9H,6-7H2,1-5H3,(H,16,20). The molecule has 21 heavy (non-hydrogen) atoms. The Hall–Kier alpha value is -2.24. The van der Waals surface area contributed by atoms with Crippen molar-refractivity contribution in [1.29, 1.82) is 0 Å². The Labute approximate surface area is 124 Å². The number of anilines is 2. The molecule has 0 saturated carbocycles. The summed E-state index contributed by atoms with van der Waals surface area (Å²) >= 11 is 0. The van der Waals surface area contributed by atoms with E-state index in [-0.39, 0.29) is 11.6 Å². The molecule has 1 N–H and O–H groups in total. The quantitative estimate of drug-likeness (QED) is 0.932. The minimum Gasteiger partial charge on any atom is -0.376 e. The largest absolute Gasteiger partial charge is 0.376 e. The van der Waals surface area contributed by atoms with Crippen LogP contribution in [0.15, 0.2) is 16.9 Å². The number of hydrogen-bond acceptors (Lipinski definition) is 3. The van der Waals surface area contributed by atoms with Crippen molar-refractivity contribution in [2.24, 2.45) is 14.1 Å². The van der Waals surface area contributed by atoms with Gasteiger partial charge in [0, 0.05) is 34.6 Å². The van der Waals surface area contributed by atoms with Gasteiger partial charge in [-0.05, 0) is 18.6 Å². The van der Waals surface area contributed by atoms with Gasteiger partial charge in [-0.15, -0.1) is 0 Å². The molecule has 2 rings (SSSR count). The monoisotopic (exact) mass is 290 g/mol. The van der Waals surface area contributed by atoms with Crippen LogP contribution in [0.25, 0.3) is 11.0 Å². The molecule has 0 radical (unpaired) electrons. The molecule has 0 aliphatic carbocycles. The first-order valence-electron chi connectivity index (χ1n) is 7.03. The Morgan fingerprint density at radius 3 is 2.29 bits per heavy atom. The Kier molecular flexibility index (Phi) is 4.06. The molecule has 0 saturated heterocycles. The molecule has 6 heteroatoms. The highest BCUT2D eigenvalue weighted by Gasteiger charge is 2.15. The summed E-state index contributed by atoms with van der Waals surface area (Å²) in [6.07, 6.45) is 1.29. The molecular weight excluding hydrogens is 268 g/mol. The highest BCUT2D eigenvalue weighted by molar-refractivity contribution is 5.98. The normalized spacial score (nSPS) is 10.9. The van der Waals surface area contributed by atoms with E-state index in [2.05, 4.69) is 5.32 Å². The Morgan fingerprint density at radius 2 is 1.76 bits per heavy atom. The maximum atomic E-state index is 12.0. The third kappa shape index (κ3) is 2.66. The lowest BCUT2D eigenvalue weighted by atomic mass is 10.2. The number of hydrogen-bond donors (Lipinski definition) is 1. The molecule has 0 atom stereocenters. The number of carbonyl (C=O) groups is 1. The topological polar surface area (TPSA) is 59.3 Å². The highest BCUT2D eigenvalue weighted by Crippen LogP contribution is 2.29. The van der Waals surface area contributed by atoms with Crippen LogP contribution in [-0.2, 0) is 18.9 Å². The first-order valence-corrected chi connectivity index (χ1v) is 7.03. The van der Waals surface area contributed by atoms with Gasteiger partial charge < -0.3 is 10.2 Å². The fourth-order valence-corrected chi connectivity index (χ4v) is 2.44. The zero-order chi connectivity index (χ0) is 15.7. The van der Waals surface area contributed by atoms with E-state index in [0.717, 1.165) is 28.8 Å². The number of carbonyl (C=O) groups excluding carboxylic acids is 1. The van der Waals surface area contributed by atoms with Gasteiger partial charge in [-0.2, -0.15) is 0 Å². The molecule has 6 nitrogen and oxygen atoms in total. The Bertz CT molecular complexity index is 740. The van der Waals surface area contributed by atoms with Gasteiger partial charge >= 0.3 is 5.69 Å². The number of aryl methyl sites for hydroxylation is 2. The second kappa shape index (κ2) is 5.63. The molecule has 0 aliphatic rings. The lowest BCUT2D eigenvalue weighted by molar-refractivity contribution is -0.116. The number of nitrogens with zero attached hydrogens (tertiary/aromatic N) is 3. The molecule has 0 spiro atoms. The van der Waals surface area contributed by atoms with E-state index in [1.165, 1.54) is 0 Å². The summed E-state index contributed by atoms with van der Waals surface area (Å²) < 4.78 is 3.20. The number of rotatable bonds is 4. The third-order valence-corrected chi connectivity index (χ3v) is 3.62. The van der Waals surface area contributed by atoms with Crippen molar-refractivity contribution in [2.45, 2.75) is 19.8 Å². The maximum absolute atomic E-state index is 12.0. The number of imidazole rings is 1. The van der Waals surface area contributed by atoms with Crippen molar-refractivity contribution in [3.63, 3.8) is 0 Å². The number of aromatic nitrogens is 2. The van der Waals surface area contributed by atoms with E-state index in [9.17, 15) is 9.59 Å². The number of benzene rings is 1. The summed E-state index contributed by atoms with van der Waals surface area (Å²) in [5.74, 6) is -0.0131. The van der Waals surface area contributed by atoms with Crippen LogP contribution in [0.5, 0.6) is 0 Å². The molecule has 0 aliphatic heterocycles. The van der Waals surface area contributed by atoms with Gasteiger partial charge in [0.2, 0.25) is 5.91 Å². The number of nitrogens with one attached hydrogen (secondary N) is 1. The Morgan fingerprint density at radius 1 is 1.19 bits per heavy atom. The molecule has 1 amide bonds. The SMILES string of the molecule is CCCC(=O)Nc1cc2c(cc1N(C)C)n(C)c(=O)n2C. The summed E-state index contributed by atoms with van der Waals surface area (Å²) in [4.78, 5) is 25.8. The second-order valence-electron chi connectivity index (χ2n) is 5.45. The zero-order valence-corrected chi connectivity index (χ0v) is 13.2. The summed E-state index contributed by atoms with van der Waals surface area (Å²) in [5, 5.41) is 2.94. The molecule has 0 fully saturated rings. The van der Waals surface area contributed by atoms with Crippen LogP contribution in [0.1, 0.15) is 19.8 Å². The smallest absolute Gasteiger partial charge is 0.328 e. The van der Waals surface area contributed by atoms with Crippen LogP contribution in [0.3, 0.4) is 0 Å². The van der Waals surface area contributed by atoms with Gasteiger partial charge in [-0.1, -0.05) is 6.92 Å². The zero-order valence-electron chi connectivity index (χ0n) is 13.2. The minimum atomic E-state index is -0.0771. The average Bonchev–Trinajstić information content (AvgIpc) is 2.63. The Balaban J connectivity index is 2.62. The van der Waals surface area contributed by atoms with Crippen LogP contribution in [0.4, 0.5) is 11.4 Å². The summed E-state index contributed by atoms with van der Waals surface area (Å²) in [6.45, 7) is 1.97. The lowest BCUT2D eigenvalue weighted by Crippen LogP contribution is -2.19. The molecule has 1 aromatic carbocycles. The van der Waals surface area contributed by atoms with Gasteiger partial charge in [-0.3, -0.25) is 13.9 Å². The molecule has 2 aromatic rings. The van der Waals surface area contributed by atoms with Crippen molar-refractivity contribution < 1.29 is 4.79 Å². The molecule has 0 bridgehead atoms. The van der Waals surface area contributed by atoms with Crippen LogP contribution < -0.4 is 15.9 Å². The van der Waals surface area contributed by atoms with Crippen LogP contribution in [0, 0.1) is 0 Å². The van der Waals surface area contributed by atoms with Gasteiger partial charge in [-0.25, -0.2) is 4.79 Å². The number of fused-ring (bicyclic) bond motifs is 1. The predicted octanol–water partition coefficient (Wildman–Crippen LogP) is 1.68. The van der Waals surface area contributed by atoms with Gasteiger partial charge in [0.25, 0.3) is 0 Å². The maximum Gasteiger partial charge on any atom is 0.328 e.